The molecule has 92 valence electrons. The maximum atomic E-state index is 11.6. The average Bonchev–Trinajstić information content (AvgIpc) is 2.94. The number of ether oxygens (including phenoxy) is 2. The van der Waals surface area contributed by atoms with Crippen LogP contribution in [0.15, 0.2) is 0 Å². The van der Waals surface area contributed by atoms with Crippen molar-refractivity contribution in [1.82, 2.24) is 5.32 Å². The number of amides is 1. The van der Waals surface area contributed by atoms with Crippen LogP contribution in [0.5, 0.6) is 0 Å². The highest BCUT2D eigenvalue weighted by atomic mass is 16.6. The molecule has 1 heterocycles. The Morgan fingerprint density at radius 3 is 2.31 bits per heavy atom. The van der Waals surface area contributed by atoms with Crippen LogP contribution in [-0.4, -0.2) is 37.2 Å². The molecule has 0 bridgehead atoms. The van der Waals surface area contributed by atoms with Crippen LogP contribution in [-0.2, 0) is 19.1 Å². The summed E-state index contributed by atoms with van der Waals surface area (Å²) < 4.78 is 9.44. The summed E-state index contributed by atoms with van der Waals surface area (Å²) in [5, 5.41) is 2.82. The minimum Gasteiger partial charge on any atom is -0.467 e. The van der Waals surface area contributed by atoms with Crippen LogP contribution in [0.4, 0.5) is 0 Å². The Morgan fingerprint density at radius 1 is 1.31 bits per heavy atom. The highest BCUT2D eigenvalue weighted by molar-refractivity contribution is 5.92. The van der Waals surface area contributed by atoms with Crippen molar-refractivity contribution in [2.45, 2.75) is 45.9 Å². The number of carbonyl (C=O) groups is 2. The van der Waals surface area contributed by atoms with Crippen molar-refractivity contribution in [2.75, 3.05) is 7.11 Å². The van der Waals surface area contributed by atoms with Gasteiger partial charge in [-0.05, 0) is 12.3 Å². The number of carbonyl (C=O) groups excluding carboxylic acids is 2. The third-order valence-electron chi connectivity index (χ3n) is 2.84. The zero-order valence-corrected chi connectivity index (χ0v) is 10.4. The van der Waals surface area contributed by atoms with Crippen LogP contribution in [0.1, 0.15) is 27.7 Å². The zero-order chi connectivity index (χ0) is 12.5. The summed E-state index contributed by atoms with van der Waals surface area (Å²) in [7, 11) is 1.27. The topological polar surface area (TPSA) is 67.9 Å². The Labute approximate surface area is 95.5 Å². The SMILES string of the molecule is COC(=O)C1OC1C(=O)NC(C)C(C)(C)C. The third kappa shape index (κ3) is 2.95. The molecule has 1 aliphatic heterocycles. The van der Waals surface area contributed by atoms with Crippen molar-refractivity contribution < 1.29 is 19.1 Å². The molecule has 0 saturated carbocycles. The number of rotatable bonds is 3. The summed E-state index contributed by atoms with van der Waals surface area (Å²) in [4.78, 5) is 22.7. The van der Waals surface area contributed by atoms with Crippen molar-refractivity contribution in [3.8, 4) is 0 Å². The van der Waals surface area contributed by atoms with E-state index < -0.39 is 18.2 Å². The molecule has 1 aliphatic rings. The molecule has 0 aliphatic carbocycles. The van der Waals surface area contributed by atoms with Crippen molar-refractivity contribution >= 4 is 11.9 Å². The quantitative estimate of drug-likeness (QED) is 0.564. The van der Waals surface area contributed by atoms with Gasteiger partial charge in [-0.25, -0.2) is 4.79 Å². The Kier molecular flexibility index (Phi) is 3.57. The number of hydrogen-bond donors (Lipinski definition) is 1. The van der Waals surface area contributed by atoms with E-state index in [2.05, 4.69) is 10.1 Å². The number of methoxy groups -OCH3 is 1. The molecule has 0 aromatic heterocycles. The molecule has 0 spiro atoms. The van der Waals surface area contributed by atoms with Gasteiger partial charge in [-0.3, -0.25) is 4.79 Å². The number of nitrogens with one attached hydrogen (secondary N) is 1. The molecule has 0 aromatic rings. The second-order valence-corrected chi connectivity index (χ2v) is 5.10. The van der Waals surface area contributed by atoms with E-state index >= 15 is 0 Å². The molecule has 5 nitrogen and oxygen atoms in total. The van der Waals surface area contributed by atoms with Gasteiger partial charge in [0, 0.05) is 6.04 Å². The lowest BCUT2D eigenvalue weighted by Gasteiger charge is -2.27. The highest BCUT2D eigenvalue weighted by Crippen LogP contribution is 2.25. The van der Waals surface area contributed by atoms with Gasteiger partial charge in [0.15, 0.2) is 12.2 Å². The van der Waals surface area contributed by atoms with Crippen LogP contribution in [0.25, 0.3) is 0 Å². The van der Waals surface area contributed by atoms with E-state index in [1.807, 2.05) is 27.7 Å². The van der Waals surface area contributed by atoms with Crippen molar-refractivity contribution in [3.05, 3.63) is 0 Å². The van der Waals surface area contributed by atoms with Gasteiger partial charge in [-0.15, -0.1) is 0 Å². The lowest BCUT2D eigenvalue weighted by atomic mass is 9.88. The number of esters is 1. The molecule has 1 fully saturated rings. The van der Waals surface area contributed by atoms with Gasteiger partial charge in [0.25, 0.3) is 5.91 Å². The molecule has 1 saturated heterocycles. The summed E-state index contributed by atoms with van der Waals surface area (Å²) in [6.45, 7) is 8.02. The van der Waals surface area contributed by atoms with E-state index in [0.717, 1.165) is 0 Å². The van der Waals surface area contributed by atoms with E-state index in [-0.39, 0.29) is 17.4 Å². The maximum Gasteiger partial charge on any atom is 0.338 e. The second-order valence-electron chi connectivity index (χ2n) is 5.10. The Balaban J connectivity index is 2.42. The third-order valence-corrected chi connectivity index (χ3v) is 2.84. The molecule has 3 atom stereocenters. The lowest BCUT2D eigenvalue weighted by molar-refractivity contribution is -0.142. The van der Waals surface area contributed by atoms with Crippen LogP contribution < -0.4 is 5.32 Å². The smallest absolute Gasteiger partial charge is 0.338 e. The Morgan fingerprint density at radius 2 is 1.88 bits per heavy atom. The summed E-state index contributed by atoms with van der Waals surface area (Å²) in [6.07, 6.45) is -1.41. The first-order valence-corrected chi connectivity index (χ1v) is 5.31. The Bertz CT molecular complexity index is 295. The molecular formula is C11H19NO4. The minimum absolute atomic E-state index is 0.0162. The van der Waals surface area contributed by atoms with E-state index in [9.17, 15) is 9.59 Å². The molecular weight excluding hydrogens is 210 g/mol. The van der Waals surface area contributed by atoms with E-state index in [1.165, 1.54) is 7.11 Å². The average molecular weight is 229 g/mol. The fraction of sp³-hybridized carbons (Fsp3) is 0.818. The van der Waals surface area contributed by atoms with Gasteiger partial charge in [0.05, 0.1) is 7.11 Å². The van der Waals surface area contributed by atoms with Gasteiger partial charge in [0.2, 0.25) is 0 Å². The molecule has 0 aromatic carbocycles. The number of epoxide rings is 1. The molecule has 5 heteroatoms. The van der Waals surface area contributed by atoms with Crippen LogP contribution in [0, 0.1) is 5.41 Å². The van der Waals surface area contributed by atoms with Gasteiger partial charge in [-0.2, -0.15) is 0 Å². The predicted molar refractivity (Wildman–Crippen MR) is 57.7 cm³/mol. The normalized spacial score (nSPS) is 25.8. The Hall–Kier alpha value is -1.10. The fourth-order valence-electron chi connectivity index (χ4n) is 1.12. The molecule has 1 rings (SSSR count). The first kappa shape index (κ1) is 13.0. The summed E-state index contributed by atoms with van der Waals surface area (Å²) in [6, 6.07) is 0.0162. The largest absolute Gasteiger partial charge is 0.467 e. The monoisotopic (exact) mass is 229 g/mol. The minimum atomic E-state index is -0.725. The van der Waals surface area contributed by atoms with E-state index in [1.54, 1.807) is 0 Å². The van der Waals surface area contributed by atoms with Gasteiger partial charge in [-0.1, -0.05) is 20.8 Å². The predicted octanol–water partition coefficient (Wildman–Crippen LogP) is 0.478. The molecule has 16 heavy (non-hydrogen) atoms. The highest BCUT2D eigenvalue weighted by Gasteiger charge is 2.51. The first-order valence-electron chi connectivity index (χ1n) is 5.31. The molecule has 3 unspecified atom stereocenters. The maximum absolute atomic E-state index is 11.6. The van der Waals surface area contributed by atoms with Crippen LogP contribution in [0.3, 0.4) is 0 Å². The summed E-state index contributed by atoms with van der Waals surface area (Å²) in [5.74, 6) is -0.749. The number of hydrogen-bond acceptors (Lipinski definition) is 4. The van der Waals surface area contributed by atoms with Gasteiger partial charge >= 0.3 is 5.97 Å². The summed E-state index contributed by atoms with van der Waals surface area (Å²) >= 11 is 0. The first-order chi connectivity index (χ1) is 7.27. The summed E-state index contributed by atoms with van der Waals surface area (Å²) in [5.41, 5.74) is -0.0225. The van der Waals surface area contributed by atoms with E-state index in [4.69, 9.17) is 4.74 Å². The molecule has 1 N–H and O–H groups in total. The van der Waals surface area contributed by atoms with Gasteiger partial charge < -0.3 is 14.8 Å². The standard InChI is InChI=1S/C11H19NO4/c1-6(11(2,3)4)12-9(13)7-8(16-7)10(14)15-5/h6-8H,1-5H3,(H,12,13). The fourth-order valence-corrected chi connectivity index (χ4v) is 1.12. The van der Waals surface area contributed by atoms with E-state index in [0.29, 0.717) is 0 Å². The lowest BCUT2D eigenvalue weighted by Crippen LogP contribution is -2.44. The van der Waals surface area contributed by atoms with Crippen molar-refractivity contribution in [2.24, 2.45) is 5.41 Å². The zero-order valence-electron chi connectivity index (χ0n) is 10.4. The second kappa shape index (κ2) is 4.41. The molecule has 1 amide bonds. The van der Waals surface area contributed by atoms with Crippen LogP contribution >= 0.6 is 0 Å². The molecule has 0 radical (unpaired) electrons. The van der Waals surface area contributed by atoms with Gasteiger partial charge in [0.1, 0.15) is 0 Å². The van der Waals surface area contributed by atoms with Crippen LogP contribution in [0.2, 0.25) is 0 Å². The van der Waals surface area contributed by atoms with Crippen molar-refractivity contribution in [1.29, 1.82) is 0 Å². The van der Waals surface area contributed by atoms with Crippen molar-refractivity contribution in [3.63, 3.8) is 0 Å².